The minimum atomic E-state index is 0.518. The van der Waals surface area contributed by atoms with E-state index < -0.39 is 0 Å². The van der Waals surface area contributed by atoms with Crippen LogP contribution in [0.1, 0.15) is 19.7 Å². The number of hydrogen-bond acceptors (Lipinski definition) is 4. The zero-order chi connectivity index (χ0) is 10.8. The molecule has 1 aliphatic heterocycles. The summed E-state index contributed by atoms with van der Waals surface area (Å²) in [5, 5.41) is 3.51. The zero-order valence-corrected chi connectivity index (χ0v) is 9.57. The second-order valence-corrected chi connectivity index (χ2v) is 4.34. The maximum atomic E-state index is 4.45. The normalized spacial score (nSPS) is 26.7. The van der Waals surface area contributed by atoms with Crippen molar-refractivity contribution in [1.29, 1.82) is 0 Å². The molecule has 0 aliphatic carbocycles. The lowest BCUT2D eigenvalue weighted by Gasteiger charge is -2.36. The smallest absolute Gasteiger partial charge is 0.132 e. The van der Waals surface area contributed by atoms with E-state index in [0.29, 0.717) is 12.1 Å². The van der Waals surface area contributed by atoms with Gasteiger partial charge in [0, 0.05) is 31.4 Å². The molecule has 2 unspecified atom stereocenters. The fourth-order valence-electron chi connectivity index (χ4n) is 2.13. The molecule has 4 heteroatoms. The molecule has 2 atom stereocenters. The molecule has 82 valence electrons. The van der Waals surface area contributed by atoms with Gasteiger partial charge >= 0.3 is 0 Å². The molecule has 0 aromatic carbocycles. The van der Waals surface area contributed by atoms with Gasteiger partial charge in [-0.25, -0.2) is 9.97 Å². The number of aromatic nitrogens is 2. The summed E-state index contributed by atoms with van der Waals surface area (Å²) in [6.45, 7) is 8.37. The highest BCUT2D eigenvalue weighted by molar-refractivity contribution is 5.38. The molecule has 0 radical (unpaired) electrons. The summed E-state index contributed by atoms with van der Waals surface area (Å²) in [6.07, 6.45) is 1.83. The molecular formula is C11H18N4. The summed E-state index contributed by atoms with van der Waals surface area (Å²) in [7, 11) is 0. The highest BCUT2D eigenvalue weighted by Gasteiger charge is 2.21. The lowest BCUT2D eigenvalue weighted by Crippen LogP contribution is -2.54. The Hall–Kier alpha value is -1.16. The molecule has 1 aliphatic rings. The first-order valence-electron chi connectivity index (χ1n) is 5.46. The van der Waals surface area contributed by atoms with E-state index in [9.17, 15) is 0 Å². The number of anilines is 1. The molecule has 0 spiro atoms. The van der Waals surface area contributed by atoms with Crippen molar-refractivity contribution in [1.82, 2.24) is 15.3 Å². The van der Waals surface area contributed by atoms with Gasteiger partial charge in [-0.15, -0.1) is 0 Å². The van der Waals surface area contributed by atoms with Gasteiger partial charge in [-0.05, 0) is 26.8 Å². The van der Waals surface area contributed by atoms with Crippen LogP contribution >= 0.6 is 0 Å². The van der Waals surface area contributed by atoms with E-state index in [1.54, 1.807) is 0 Å². The monoisotopic (exact) mass is 206 g/mol. The maximum absolute atomic E-state index is 4.45. The topological polar surface area (TPSA) is 41.1 Å². The summed E-state index contributed by atoms with van der Waals surface area (Å²) in [4.78, 5) is 10.9. The van der Waals surface area contributed by atoms with Crippen LogP contribution in [0.5, 0.6) is 0 Å². The molecule has 0 amide bonds. The van der Waals surface area contributed by atoms with Crippen molar-refractivity contribution in [3.8, 4) is 0 Å². The van der Waals surface area contributed by atoms with E-state index in [4.69, 9.17) is 0 Å². The van der Waals surface area contributed by atoms with E-state index in [2.05, 4.69) is 34.0 Å². The van der Waals surface area contributed by atoms with E-state index in [0.717, 1.165) is 24.7 Å². The third-order valence-electron chi connectivity index (χ3n) is 2.64. The van der Waals surface area contributed by atoms with Gasteiger partial charge in [0.25, 0.3) is 0 Å². The van der Waals surface area contributed by atoms with E-state index in [1.807, 2.05) is 19.2 Å². The predicted molar refractivity (Wildman–Crippen MR) is 61.0 cm³/mol. The quantitative estimate of drug-likeness (QED) is 0.743. The molecule has 0 bridgehead atoms. The summed E-state index contributed by atoms with van der Waals surface area (Å²) in [5.74, 6) is 1.88. The number of rotatable bonds is 1. The predicted octanol–water partition coefficient (Wildman–Crippen LogP) is 0.972. The first-order valence-corrected chi connectivity index (χ1v) is 5.46. The van der Waals surface area contributed by atoms with E-state index >= 15 is 0 Å². The second kappa shape index (κ2) is 4.14. The molecule has 1 saturated heterocycles. The number of hydrogen-bond donors (Lipinski definition) is 1. The number of piperazine rings is 1. The van der Waals surface area contributed by atoms with Gasteiger partial charge in [0.15, 0.2) is 0 Å². The van der Waals surface area contributed by atoms with Crippen molar-refractivity contribution in [3.63, 3.8) is 0 Å². The van der Waals surface area contributed by atoms with Gasteiger partial charge in [-0.3, -0.25) is 0 Å². The standard InChI is InChI=1S/C11H18N4/c1-8-6-15(7-9(2)13-8)11-4-5-12-10(3)14-11/h4-5,8-9,13H,6-7H2,1-3H3. The van der Waals surface area contributed by atoms with Crippen LogP contribution in [-0.4, -0.2) is 35.1 Å². The van der Waals surface area contributed by atoms with Crippen molar-refractivity contribution in [3.05, 3.63) is 18.1 Å². The van der Waals surface area contributed by atoms with Crippen LogP contribution in [0.3, 0.4) is 0 Å². The van der Waals surface area contributed by atoms with Crippen molar-refractivity contribution < 1.29 is 0 Å². The van der Waals surface area contributed by atoms with Crippen LogP contribution in [-0.2, 0) is 0 Å². The summed E-state index contributed by atoms with van der Waals surface area (Å²) < 4.78 is 0. The fraction of sp³-hybridized carbons (Fsp3) is 0.636. The van der Waals surface area contributed by atoms with Crippen molar-refractivity contribution in [2.75, 3.05) is 18.0 Å². The third kappa shape index (κ3) is 2.45. The summed E-state index contributed by atoms with van der Waals surface area (Å²) in [6, 6.07) is 3.02. The second-order valence-electron chi connectivity index (χ2n) is 4.34. The maximum Gasteiger partial charge on any atom is 0.132 e. The van der Waals surface area contributed by atoms with Gasteiger partial charge in [-0.1, -0.05) is 0 Å². The summed E-state index contributed by atoms with van der Waals surface area (Å²) in [5.41, 5.74) is 0. The minimum absolute atomic E-state index is 0.518. The Labute approximate surface area is 90.7 Å². The zero-order valence-electron chi connectivity index (χ0n) is 9.57. The van der Waals surface area contributed by atoms with Gasteiger partial charge in [-0.2, -0.15) is 0 Å². The van der Waals surface area contributed by atoms with Crippen molar-refractivity contribution in [2.45, 2.75) is 32.9 Å². The number of aryl methyl sites for hydroxylation is 1. The molecule has 0 saturated carbocycles. The van der Waals surface area contributed by atoms with E-state index in [-0.39, 0.29) is 0 Å². The third-order valence-corrected chi connectivity index (χ3v) is 2.64. The molecule has 2 heterocycles. The fourth-order valence-corrected chi connectivity index (χ4v) is 2.13. The molecule has 1 N–H and O–H groups in total. The molecule has 1 aromatic heterocycles. The highest BCUT2D eigenvalue weighted by Crippen LogP contribution is 2.14. The molecule has 4 nitrogen and oxygen atoms in total. The Morgan fingerprint density at radius 1 is 1.33 bits per heavy atom. The van der Waals surface area contributed by atoms with Crippen molar-refractivity contribution >= 4 is 5.82 Å². The van der Waals surface area contributed by atoms with Crippen LogP contribution in [0, 0.1) is 6.92 Å². The minimum Gasteiger partial charge on any atom is -0.353 e. The Kier molecular flexibility index (Phi) is 2.86. The largest absolute Gasteiger partial charge is 0.353 e. The number of nitrogens with zero attached hydrogens (tertiary/aromatic N) is 3. The molecule has 15 heavy (non-hydrogen) atoms. The van der Waals surface area contributed by atoms with Crippen LogP contribution in [0.25, 0.3) is 0 Å². The summed E-state index contributed by atoms with van der Waals surface area (Å²) >= 11 is 0. The lowest BCUT2D eigenvalue weighted by atomic mass is 10.1. The molecule has 1 aromatic rings. The number of nitrogens with one attached hydrogen (secondary N) is 1. The highest BCUT2D eigenvalue weighted by atomic mass is 15.3. The molecule has 1 fully saturated rings. The molecular weight excluding hydrogens is 188 g/mol. The van der Waals surface area contributed by atoms with Gasteiger partial charge in [0.1, 0.15) is 11.6 Å². The molecule has 2 rings (SSSR count). The van der Waals surface area contributed by atoms with Crippen LogP contribution < -0.4 is 10.2 Å². The van der Waals surface area contributed by atoms with Crippen LogP contribution in [0.4, 0.5) is 5.82 Å². The van der Waals surface area contributed by atoms with Crippen molar-refractivity contribution in [2.24, 2.45) is 0 Å². The van der Waals surface area contributed by atoms with Crippen LogP contribution in [0.2, 0.25) is 0 Å². The average molecular weight is 206 g/mol. The Morgan fingerprint density at radius 2 is 2.00 bits per heavy atom. The van der Waals surface area contributed by atoms with Gasteiger partial charge in [0.05, 0.1) is 0 Å². The van der Waals surface area contributed by atoms with Gasteiger partial charge in [0.2, 0.25) is 0 Å². The van der Waals surface area contributed by atoms with Gasteiger partial charge < -0.3 is 10.2 Å². The first kappa shape index (κ1) is 10.4. The lowest BCUT2D eigenvalue weighted by molar-refractivity contribution is 0.405. The Bertz CT molecular complexity index is 329. The first-order chi connectivity index (χ1) is 7.15. The Balaban J connectivity index is 2.16. The average Bonchev–Trinajstić information content (AvgIpc) is 2.16. The Morgan fingerprint density at radius 3 is 2.60 bits per heavy atom. The van der Waals surface area contributed by atoms with E-state index in [1.165, 1.54) is 0 Å². The SMILES string of the molecule is Cc1nccc(N2CC(C)NC(C)C2)n1. The van der Waals surface area contributed by atoms with Crippen LogP contribution in [0.15, 0.2) is 12.3 Å².